The highest BCUT2D eigenvalue weighted by molar-refractivity contribution is 9.10. The molecule has 0 saturated heterocycles. The number of nitro groups is 1. The number of aromatic nitrogens is 2. The molecule has 7 nitrogen and oxygen atoms in total. The molecule has 1 aliphatic rings. The highest BCUT2D eigenvalue weighted by Gasteiger charge is 2.28. The number of benzene rings is 3. The summed E-state index contributed by atoms with van der Waals surface area (Å²) >= 11 is 3.46. The highest BCUT2D eigenvalue weighted by Crippen LogP contribution is 2.35. The van der Waals surface area contributed by atoms with Gasteiger partial charge in [0.1, 0.15) is 17.8 Å². The molecule has 9 heteroatoms. The van der Waals surface area contributed by atoms with E-state index >= 15 is 0 Å². The summed E-state index contributed by atoms with van der Waals surface area (Å²) in [5, 5.41) is 15.7. The van der Waals surface area contributed by atoms with E-state index in [-0.39, 0.29) is 11.5 Å². The van der Waals surface area contributed by atoms with Crippen molar-refractivity contribution in [3.05, 3.63) is 123 Å². The van der Waals surface area contributed by atoms with Gasteiger partial charge in [-0.15, -0.1) is 0 Å². The summed E-state index contributed by atoms with van der Waals surface area (Å²) in [6.07, 6.45) is 5.71. The molecule has 0 saturated carbocycles. The van der Waals surface area contributed by atoms with E-state index in [1.54, 1.807) is 35.2 Å². The molecule has 1 unspecified atom stereocenters. The maximum absolute atomic E-state index is 13.6. The van der Waals surface area contributed by atoms with Crippen molar-refractivity contribution in [1.29, 1.82) is 0 Å². The molecule has 0 bridgehead atoms. The minimum Gasteiger partial charge on any atom is -0.472 e. The predicted octanol–water partition coefficient (Wildman–Crippen LogP) is 6.39. The Morgan fingerprint density at radius 2 is 1.74 bits per heavy atom. The third kappa shape index (κ3) is 4.95. The van der Waals surface area contributed by atoms with Crippen LogP contribution in [0.2, 0.25) is 0 Å². The number of hydrogen-bond acceptors (Lipinski definition) is 5. The van der Waals surface area contributed by atoms with E-state index in [1.807, 2.05) is 36.7 Å². The maximum atomic E-state index is 13.6. The zero-order valence-electron chi connectivity index (χ0n) is 18.4. The van der Waals surface area contributed by atoms with Gasteiger partial charge in [0.15, 0.2) is 0 Å². The van der Waals surface area contributed by atoms with Gasteiger partial charge in [-0.3, -0.25) is 10.1 Å². The van der Waals surface area contributed by atoms with Crippen molar-refractivity contribution < 1.29 is 14.1 Å². The van der Waals surface area contributed by atoms with Crippen molar-refractivity contribution in [2.24, 2.45) is 0 Å². The molecule has 0 spiro atoms. The SMILES string of the molecule is O=[N+]([O-])c1ccc(CCN2C=COC2c2cn(-c3ccc(Br)cc3)nc2-c2ccc(F)cc2)cc1. The molecule has 4 aromatic rings. The van der Waals surface area contributed by atoms with Crippen LogP contribution in [0.1, 0.15) is 17.4 Å². The molecule has 1 aromatic heterocycles. The van der Waals surface area contributed by atoms with Crippen LogP contribution in [0.15, 0.2) is 95.9 Å². The average molecular weight is 535 g/mol. The molecule has 176 valence electrons. The summed E-state index contributed by atoms with van der Waals surface area (Å²) in [5.41, 5.74) is 4.25. The van der Waals surface area contributed by atoms with Crippen molar-refractivity contribution >= 4 is 21.6 Å². The van der Waals surface area contributed by atoms with Crippen molar-refractivity contribution in [3.8, 4) is 16.9 Å². The number of rotatable bonds is 7. The number of halogens is 2. The van der Waals surface area contributed by atoms with Crippen molar-refractivity contribution in [1.82, 2.24) is 14.7 Å². The topological polar surface area (TPSA) is 73.4 Å². The summed E-state index contributed by atoms with van der Waals surface area (Å²) < 4.78 is 22.3. The smallest absolute Gasteiger partial charge is 0.269 e. The Balaban J connectivity index is 1.44. The molecule has 5 rings (SSSR count). The minimum atomic E-state index is -0.419. The fourth-order valence-electron chi connectivity index (χ4n) is 3.96. The molecule has 35 heavy (non-hydrogen) atoms. The number of non-ortho nitro benzene ring substituents is 1. The molecule has 0 amide bonds. The van der Waals surface area contributed by atoms with E-state index in [2.05, 4.69) is 20.8 Å². The summed E-state index contributed by atoms with van der Waals surface area (Å²) in [4.78, 5) is 12.6. The molecule has 3 aromatic carbocycles. The number of hydrogen-bond donors (Lipinski definition) is 0. The minimum absolute atomic E-state index is 0.0697. The third-order valence-corrected chi connectivity index (χ3v) is 6.31. The van der Waals surface area contributed by atoms with Crippen LogP contribution in [0, 0.1) is 15.9 Å². The zero-order chi connectivity index (χ0) is 24.4. The van der Waals surface area contributed by atoms with E-state index in [9.17, 15) is 14.5 Å². The van der Waals surface area contributed by atoms with Gasteiger partial charge in [0.2, 0.25) is 6.23 Å². The van der Waals surface area contributed by atoms with Crippen LogP contribution in [0.5, 0.6) is 0 Å². The normalized spacial score (nSPS) is 14.8. The van der Waals surface area contributed by atoms with Gasteiger partial charge in [-0.2, -0.15) is 5.10 Å². The Kier molecular flexibility index (Phi) is 6.33. The van der Waals surface area contributed by atoms with Crippen molar-refractivity contribution in [2.45, 2.75) is 12.6 Å². The Morgan fingerprint density at radius 1 is 1.03 bits per heavy atom. The first-order chi connectivity index (χ1) is 17.0. The lowest BCUT2D eigenvalue weighted by Gasteiger charge is -2.24. The molecular formula is C26H20BrFN4O3. The quantitative estimate of drug-likeness (QED) is 0.203. The predicted molar refractivity (Wildman–Crippen MR) is 133 cm³/mol. The molecule has 0 aliphatic carbocycles. The van der Waals surface area contributed by atoms with E-state index in [0.717, 1.165) is 26.9 Å². The van der Waals surface area contributed by atoms with Gasteiger partial charge >= 0.3 is 0 Å². The Morgan fingerprint density at radius 3 is 2.43 bits per heavy atom. The summed E-state index contributed by atoms with van der Waals surface area (Å²) in [6, 6.07) is 20.6. The van der Waals surface area contributed by atoms with Gasteiger partial charge in [-0.1, -0.05) is 28.1 Å². The molecule has 2 heterocycles. The van der Waals surface area contributed by atoms with Crippen LogP contribution < -0.4 is 0 Å². The summed E-state index contributed by atoms with van der Waals surface area (Å²) in [6.45, 7) is 0.630. The summed E-state index contributed by atoms with van der Waals surface area (Å²) in [5.74, 6) is -0.314. The first-order valence-electron chi connectivity index (χ1n) is 10.9. The molecule has 1 aliphatic heterocycles. The lowest BCUT2D eigenvalue weighted by Crippen LogP contribution is -2.23. The monoisotopic (exact) mass is 534 g/mol. The molecule has 0 fully saturated rings. The molecule has 1 atom stereocenters. The Hall–Kier alpha value is -3.98. The highest BCUT2D eigenvalue weighted by atomic mass is 79.9. The standard InChI is InChI=1S/C26H20BrFN4O3/c27-20-5-11-22(12-6-20)31-17-24(25(29-31)19-3-7-21(28)8-4-19)26-30(15-16-35-26)14-13-18-1-9-23(10-2-18)32(33)34/h1-12,15-17,26H,13-14H2. The van der Waals surface area contributed by atoms with E-state index in [1.165, 1.54) is 24.3 Å². The van der Waals surface area contributed by atoms with Crippen molar-refractivity contribution in [3.63, 3.8) is 0 Å². The second-order valence-electron chi connectivity index (χ2n) is 8.05. The van der Waals surface area contributed by atoms with Gasteiger partial charge in [0, 0.05) is 41.1 Å². The Bertz CT molecular complexity index is 1370. The zero-order valence-corrected chi connectivity index (χ0v) is 20.0. The molecule has 0 N–H and O–H groups in total. The molecule has 0 radical (unpaired) electrons. The van der Waals surface area contributed by atoms with E-state index in [0.29, 0.717) is 18.7 Å². The van der Waals surface area contributed by atoms with Crippen LogP contribution in [-0.2, 0) is 11.2 Å². The van der Waals surface area contributed by atoms with Gasteiger partial charge in [0.25, 0.3) is 5.69 Å². The Labute approximate surface area is 209 Å². The average Bonchev–Trinajstić information content (AvgIpc) is 3.51. The first kappa shape index (κ1) is 22.8. The summed E-state index contributed by atoms with van der Waals surface area (Å²) in [7, 11) is 0. The maximum Gasteiger partial charge on any atom is 0.269 e. The fraction of sp³-hybridized carbons (Fsp3) is 0.115. The van der Waals surface area contributed by atoms with Crippen LogP contribution in [0.25, 0.3) is 16.9 Å². The lowest BCUT2D eigenvalue weighted by molar-refractivity contribution is -0.384. The lowest BCUT2D eigenvalue weighted by atomic mass is 10.1. The van der Waals surface area contributed by atoms with Crippen LogP contribution in [0.4, 0.5) is 10.1 Å². The third-order valence-electron chi connectivity index (χ3n) is 5.78. The second kappa shape index (κ2) is 9.71. The first-order valence-corrected chi connectivity index (χ1v) is 11.7. The number of nitro benzene ring substituents is 1. The van der Waals surface area contributed by atoms with Gasteiger partial charge < -0.3 is 9.64 Å². The van der Waals surface area contributed by atoms with Crippen LogP contribution in [-0.4, -0.2) is 26.1 Å². The molecular weight excluding hydrogens is 515 g/mol. The van der Waals surface area contributed by atoms with Crippen molar-refractivity contribution in [2.75, 3.05) is 6.54 Å². The number of nitrogens with zero attached hydrogens (tertiary/aromatic N) is 4. The van der Waals surface area contributed by atoms with E-state index in [4.69, 9.17) is 9.84 Å². The van der Waals surface area contributed by atoms with Gasteiger partial charge in [-0.05, 0) is 60.5 Å². The van der Waals surface area contributed by atoms with Crippen LogP contribution >= 0.6 is 15.9 Å². The van der Waals surface area contributed by atoms with E-state index < -0.39 is 11.2 Å². The largest absolute Gasteiger partial charge is 0.472 e. The van der Waals surface area contributed by atoms with Gasteiger partial charge in [0.05, 0.1) is 16.2 Å². The fourth-order valence-corrected chi connectivity index (χ4v) is 4.22. The number of ether oxygens (including phenoxy) is 1. The van der Waals surface area contributed by atoms with Gasteiger partial charge in [-0.25, -0.2) is 9.07 Å². The second-order valence-corrected chi connectivity index (χ2v) is 8.96. The van der Waals surface area contributed by atoms with Crippen LogP contribution in [0.3, 0.4) is 0 Å².